The van der Waals surface area contributed by atoms with Crippen molar-refractivity contribution >= 4 is 11.8 Å². The third-order valence-electron chi connectivity index (χ3n) is 2.51. The molecule has 0 bridgehead atoms. The van der Waals surface area contributed by atoms with E-state index in [0.717, 1.165) is 0 Å². The van der Waals surface area contributed by atoms with Crippen LogP contribution in [0.1, 0.15) is 13.3 Å². The van der Waals surface area contributed by atoms with Crippen molar-refractivity contribution in [1.29, 1.82) is 0 Å². The van der Waals surface area contributed by atoms with Gasteiger partial charge in [0, 0.05) is 6.42 Å². The molecule has 0 spiro atoms. The Labute approximate surface area is 103 Å². The molecular weight excluding hydrogens is 248 g/mol. The number of rotatable bonds is 8. The zero-order valence-corrected chi connectivity index (χ0v) is 9.80. The summed E-state index contributed by atoms with van der Waals surface area (Å²) in [7, 11) is 0. The molecule has 0 radical (unpaired) electrons. The number of aliphatic carboxylic acids is 1. The van der Waals surface area contributed by atoms with E-state index in [1.807, 2.05) is 0 Å². The van der Waals surface area contributed by atoms with Crippen molar-refractivity contribution in [2.75, 3.05) is 6.61 Å². The normalized spacial score (nSPS) is 19.7. The number of carboxylic acids is 1. The fraction of sp³-hybridized carbons (Fsp3) is 0.800. The molecule has 1 unspecified atom stereocenters. The van der Waals surface area contributed by atoms with Crippen LogP contribution >= 0.6 is 0 Å². The molecule has 0 saturated heterocycles. The maximum absolute atomic E-state index is 11.4. The average Bonchev–Trinajstić information content (AvgIpc) is 2.34. The van der Waals surface area contributed by atoms with Gasteiger partial charge in [0.1, 0.15) is 24.4 Å². The lowest BCUT2D eigenvalue weighted by atomic mass is 9.95. The minimum absolute atomic E-state index is 0.518. The Hall–Kier alpha value is -1.06. The zero-order chi connectivity index (χ0) is 14.5. The van der Waals surface area contributed by atoms with Crippen LogP contribution in [0.25, 0.3) is 0 Å². The van der Waals surface area contributed by atoms with Gasteiger partial charge in [-0.15, -0.1) is 0 Å². The first-order chi connectivity index (χ1) is 8.22. The molecule has 106 valence electrons. The maximum atomic E-state index is 11.4. The molecule has 0 aromatic rings. The summed E-state index contributed by atoms with van der Waals surface area (Å²) in [5.74, 6) is -3.25. The van der Waals surface area contributed by atoms with E-state index in [0.29, 0.717) is 0 Å². The molecule has 0 aliphatic carbocycles. The van der Waals surface area contributed by atoms with Gasteiger partial charge in [-0.3, -0.25) is 9.59 Å². The number of hydrogen-bond donors (Lipinski definition) is 6. The SMILES string of the molecule is CC(CC(=O)[C@H](O)[C@@H](O)[C@H](O)[C@H](O)CO)C(=O)O. The second-order valence-corrected chi connectivity index (χ2v) is 4.09. The molecule has 0 amide bonds. The van der Waals surface area contributed by atoms with E-state index in [1.165, 1.54) is 6.92 Å². The average molecular weight is 266 g/mol. The second-order valence-electron chi connectivity index (χ2n) is 4.09. The largest absolute Gasteiger partial charge is 0.481 e. The van der Waals surface area contributed by atoms with Gasteiger partial charge in [0.25, 0.3) is 0 Å². The first kappa shape index (κ1) is 16.9. The van der Waals surface area contributed by atoms with Crippen LogP contribution in [0.2, 0.25) is 0 Å². The molecule has 0 saturated carbocycles. The van der Waals surface area contributed by atoms with Gasteiger partial charge in [0.05, 0.1) is 12.5 Å². The summed E-state index contributed by atoms with van der Waals surface area (Å²) in [6.45, 7) is 0.392. The zero-order valence-electron chi connectivity index (χ0n) is 9.80. The van der Waals surface area contributed by atoms with Crippen molar-refractivity contribution in [2.45, 2.75) is 37.8 Å². The van der Waals surface area contributed by atoms with Crippen molar-refractivity contribution < 1.29 is 40.2 Å². The predicted octanol–water partition coefficient (Wildman–Crippen LogP) is -2.90. The summed E-state index contributed by atoms with van der Waals surface area (Å²) in [6.07, 6.45) is -8.16. The summed E-state index contributed by atoms with van der Waals surface area (Å²) >= 11 is 0. The Morgan fingerprint density at radius 2 is 1.56 bits per heavy atom. The minimum atomic E-state index is -2.03. The van der Waals surface area contributed by atoms with Crippen LogP contribution in [0.3, 0.4) is 0 Å². The molecule has 8 nitrogen and oxygen atoms in total. The van der Waals surface area contributed by atoms with Crippen molar-refractivity contribution in [1.82, 2.24) is 0 Å². The van der Waals surface area contributed by atoms with Crippen molar-refractivity contribution in [3.63, 3.8) is 0 Å². The fourth-order valence-electron chi connectivity index (χ4n) is 1.22. The highest BCUT2D eigenvalue weighted by Gasteiger charge is 2.34. The lowest BCUT2D eigenvalue weighted by Crippen LogP contribution is -2.49. The van der Waals surface area contributed by atoms with Gasteiger partial charge in [0.15, 0.2) is 5.78 Å². The van der Waals surface area contributed by atoms with Crippen molar-refractivity contribution in [3.05, 3.63) is 0 Å². The number of carboxylic acid groups (broad SMARTS) is 1. The quantitative estimate of drug-likeness (QED) is 0.273. The Morgan fingerprint density at radius 3 is 1.94 bits per heavy atom. The van der Waals surface area contributed by atoms with Gasteiger partial charge in [-0.1, -0.05) is 6.92 Å². The summed E-state index contributed by atoms with van der Waals surface area (Å²) < 4.78 is 0. The van der Waals surface area contributed by atoms with Gasteiger partial charge in [-0.05, 0) is 0 Å². The highest BCUT2D eigenvalue weighted by molar-refractivity contribution is 5.87. The molecule has 5 atom stereocenters. The molecule has 0 aromatic carbocycles. The highest BCUT2D eigenvalue weighted by Crippen LogP contribution is 2.11. The van der Waals surface area contributed by atoms with E-state index in [4.69, 9.17) is 15.3 Å². The molecule has 0 aliphatic rings. The first-order valence-electron chi connectivity index (χ1n) is 5.31. The number of carbonyl (C=O) groups excluding carboxylic acids is 1. The molecule has 8 heteroatoms. The topological polar surface area (TPSA) is 156 Å². The molecule has 0 aromatic heterocycles. The monoisotopic (exact) mass is 266 g/mol. The van der Waals surface area contributed by atoms with E-state index in [9.17, 15) is 24.9 Å². The minimum Gasteiger partial charge on any atom is -0.481 e. The van der Waals surface area contributed by atoms with Gasteiger partial charge in [-0.25, -0.2) is 0 Å². The van der Waals surface area contributed by atoms with Crippen molar-refractivity contribution in [2.24, 2.45) is 5.92 Å². The van der Waals surface area contributed by atoms with Crippen LogP contribution in [0.15, 0.2) is 0 Å². The van der Waals surface area contributed by atoms with Gasteiger partial charge in [-0.2, -0.15) is 0 Å². The van der Waals surface area contributed by atoms with E-state index >= 15 is 0 Å². The number of aliphatic hydroxyl groups is 5. The third-order valence-corrected chi connectivity index (χ3v) is 2.51. The smallest absolute Gasteiger partial charge is 0.306 e. The Kier molecular flexibility index (Phi) is 6.96. The predicted molar refractivity (Wildman–Crippen MR) is 57.5 cm³/mol. The number of hydrogen-bond acceptors (Lipinski definition) is 7. The second kappa shape index (κ2) is 7.39. The number of aliphatic hydroxyl groups excluding tert-OH is 5. The molecule has 0 aliphatic heterocycles. The summed E-state index contributed by atoms with van der Waals surface area (Å²) in [5, 5.41) is 54.1. The number of carbonyl (C=O) groups is 2. The molecule has 0 fully saturated rings. The molecule has 6 N–H and O–H groups in total. The Balaban J connectivity index is 4.49. The van der Waals surface area contributed by atoms with Gasteiger partial charge in [0.2, 0.25) is 0 Å². The van der Waals surface area contributed by atoms with Crippen LogP contribution in [-0.2, 0) is 9.59 Å². The summed E-state index contributed by atoms with van der Waals surface area (Å²) in [4.78, 5) is 21.9. The number of Topliss-reactive ketones (excluding diaryl/α,β-unsaturated/α-hetero) is 1. The van der Waals surface area contributed by atoms with Crippen LogP contribution in [-0.4, -0.2) is 73.4 Å². The summed E-state index contributed by atoms with van der Waals surface area (Å²) in [5.41, 5.74) is 0. The van der Waals surface area contributed by atoms with Gasteiger partial charge >= 0.3 is 5.97 Å². The molecule has 0 rings (SSSR count). The Bertz CT molecular complexity index is 292. The molecule has 0 heterocycles. The molecule has 18 heavy (non-hydrogen) atoms. The van der Waals surface area contributed by atoms with E-state index in [2.05, 4.69) is 0 Å². The van der Waals surface area contributed by atoms with E-state index < -0.39 is 55.1 Å². The van der Waals surface area contributed by atoms with Crippen LogP contribution in [0, 0.1) is 5.92 Å². The van der Waals surface area contributed by atoms with Crippen molar-refractivity contribution in [3.8, 4) is 0 Å². The summed E-state index contributed by atoms with van der Waals surface area (Å²) in [6, 6.07) is 0. The van der Waals surface area contributed by atoms with Crippen LogP contribution in [0.5, 0.6) is 0 Å². The molecular formula is C10H18O8. The maximum Gasteiger partial charge on any atom is 0.306 e. The van der Waals surface area contributed by atoms with Crippen LogP contribution < -0.4 is 0 Å². The van der Waals surface area contributed by atoms with Crippen LogP contribution in [0.4, 0.5) is 0 Å². The third kappa shape index (κ3) is 4.67. The first-order valence-corrected chi connectivity index (χ1v) is 5.31. The highest BCUT2D eigenvalue weighted by atomic mass is 16.4. The lowest BCUT2D eigenvalue weighted by molar-refractivity contribution is -0.151. The number of ketones is 1. The van der Waals surface area contributed by atoms with Gasteiger partial charge < -0.3 is 30.6 Å². The fourth-order valence-corrected chi connectivity index (χ4v) is 1.22. The lowest BCUT2D eigenvalue weighted by Gasteiger charge is -2.25. The van der Waals surface area contributed by atoms with E-state index in [1.54, 1.807) is 0 Å². The Morgan fingerprint density at radius 1 is 1.06 bits per heavy atom. The van der Waals surface area contributed by atoms with E-state index in [-0.39, 0.29) is 0 Å². The standard InChI is InChI=1S/C10H18O8/c1-4(10(17)18)2-5(12)7(14)9(16)8(15)6(13)3-11/h4,6-9,11,13-16H,2-3H2,1H3,(H,17,18)/t4?,6-,7+,8-,9-/m1/s1.